The zero-order chi connectivity index (χ0) is 25.3. The molecule has 1 heterocycles. The van der Waals surface area contributed by atoms with E-state index in [1.165, 1.54) is 0 Å². The highest BCUT2D eigenvalue weighted by Gasteiger charge is 2.21. The van der Waals surface area contributed by atoms with Crippen LogP contribution in [-0.2, 0) is 9.53 Å². The molecule has 0 bridgehead atoms. The van der Waals surface area contributed by atoms with Gasteiger partial charge in [-0.2, -0.15) is 0 Å². The summed E-state index contributed by atoms with van der Waals surface area (Å²) < 4.78 is 17.9. The molecule has 9 nitrogen and oxygen atoms in total. The van der Waals surface area contributed by atoms with Crippen molar-refractivity contribution in [3.63, 3.8) is 0 Å². The number of para-hydroxylation sites is 1. The van der Waals surface area contributed by atoms with Crippen LogP contribution in [0, 0.1) is 0 Å². The Bertz CT molecular complexity index is 1270. The number of carbonyl (C=O) groups is 2. The lowest BCUT2D eigenvalue weighted by Gasteiger charge is -2.13. The van der Waals surface area contributed by atoms with Gasteiger partial charge in [-0.15, -0.1) is 5.10 Å². The first kappa shape index (κ1) is 24.5. The van der Waals surface area contributed by atoms with E-state index >= 15 is 0 Å². The van der Waals surface area contributed by atoms with Gasteiger partial charge in [0.15, 0.2) is 23.9 Å². The number of carbonyl (C=O) groups excluding carboxylic acids is 2. The fourth-order valence-electron chi connectivity index (χ4n) is 3.44. The summed E-state index contributed by atoms with van der Waals surface area (Å²) in [4.78, 5) is 29.5. The van der Waals surface area contributed by atoms with Crippen molar-refractivity contribution in [2.24, 2.45) is 0 Å². The van der Waals surface area contributed by atoms with E-state index in [1.807, 2.05) is 74.5 Å². The monoisotopic (exact) mass is 486 g/mol. The number of nitrogens with one attached hydrogen (secondary N) is 1. The van der Waals surface area contributed by atoms with E-state index in [4.69, 9.17) is 14.2 Å². The van der Waals surface area contributed by atoms with Crippen LogP contribution in [0.25, 0.3) is 17.1 Å². The molecule has 0 atom stereocenters. The Morgan fingerprint density at radius 3 is 2.22 bits per heavy atom. The normalized spacial score (nSPS) is 10.5. The maximum Gasteiger partial charge on any atom is 0.378 e. The highest BCUT2D eigenvalue weighted by molar-refractivity contribution is 5.94. The molecule has 3 aromatic carbocycles. The second kappa shape index (κ2) is 11.7. The van der Waals surface area contributed by atoms with E-state index in [-0.39, 0.29) is 5.82 Å². The molecule has 1 N–H and O–H groups in total. The van der Waals surface area contributed by atoms with E-state index in [2.05, 4.69) is 15.4 Å². The molecule has 1 aromatic heterocycles. The molecular formula is C27H26N4O5. The predicted molar refractivity (Wildman–Crippen MR) is 134 cm³/mol. The van der Waals surface area contributed by atoms with Gasteiger partial charge in [0.2, 0.25) is 0 Å². The molecule has 9 heteroatoms. The number of amides is 1. The lowest BCUT2D eigenvalue weighted by atomic mass is 10.2. The van der Waals surface area contributed by atoms with Crippen molar-refractivity contribution in [2.75, 3.05) is 25.1 Å². The Morgan fingerprint density at radius 1 is 0.861 bits per heavy atom. The van der Waals surface area contributed by atoms with Gasteiger partial charge in [-0.1, -0.05) is 48.5 Å². The molecular weight excluding hydrogens is 460 g/mol. The van der Waals surface area contributed by atoms with Crippen LogP contribution >= 0.6 is 0 Å². The number of hydrogen-bond donors (Lipinski definition) is 1. The van der Waals surface area contributed by atoms with Gasteiger partial charge in [-0.3, -0.25) is 4.79 Å². The third-order valence-corrected chi connectivity index (χ3v) is 4.98. The van der Waals surface area contributed by atoms with Gasteiger partial charge in [0.1, 0.15) is 0 Å². The van der Waals surface area contributed by atoms with Gasteiger partial charge in [-0.25, -0.2) is 14.5 Å². The lowest BCUT2D eigenvalue weighted by molar-refractivity contribution is -0.119. The SMILES string of the molecule is CCOc1ccc(NC(=O)COC(=O)c2nc(-c3ccccc3)n(-c3ccccc3)n2)cc1OCC. The van der Waals surface area contributed by atoms with Gasteiger partial charge < -0.3 is 19.5 Å². The summed E-state index contributed by atoms with van der Waals surface area (Å²) in [6.07, 6.45) is 0. The van der Waals surface area contributed by atoms with E-state index < -0.39 is 18.5 Å². The molecule has 0 radical (unpaired) electrons. The van der Waals surface area contributed by atoms with Crippen molar-refractivity contribution in [3.05, 3.63) is 84.7 Å². The molecule has 0 fully saturated rings. The van der Waals surface area contributed by atoms with Crippen molar-refractivity contribution >= 4 is 17.6 Å². The molecule has 0 aliphatic heterocycles. The van der Waals surface area contributed by atoms with E-state index in [9.17, 15) is 9.59 Å². The third-order valence-electron chi connectivity index (χ3n) is 4.98. The lowest BCUT2D eigenvalue weighted by Crippen LogP contribution is -2.21. The first-order valence-electron chi connectivity index (χ1n) is 11.5. The van der Waals surface area contributed by atoms with Gasteiger partial charge in [0.25, 0.3) is 11.7 Å². The van der Waals surface area contributed by atoms with Crippen LogP contribution < -0.4 is 14.8 Å². The molecule has 0 aliphatic carbocycles. The Balaban J connectivity index is 1.46. The summed E-state index contributed by atoms with van der Waals surface area (Å²) >= 11 is 0. The second-order valence-electron chi connectivity index (χ2n) is 7.52. The minimum atomic E-state index is -0.807. The molecule has 0 saturated heterocycles. The molecule has 0 unspecified atom stereocenters. The van der Waals surface area contributed by atoms with Crippen molar-refractivity contribution in [3.8, 4) is 28.6 Å². The van der Waals surface area contributed by atoms with Crippen molar-refractivity contribution in [1.82, 2.24) is 14.8 Å². The quantitative estimate of drug-likeness (QED) is 0.329. The molecule has 36 heavy (non-hydrogen) atoms. The third kappa shape index (κ3) is 5.87. The number of benzene rings is 3. The average Bonchev–Trinajstić information content (AvgIpc) is 3.36. The van der Waals surface area contributed by atoms with Crippen molar-refractivity contribution < 1.29 is 23.8 Å². The van der Waals surface area contributed by atoms with Crippen LogP contribution in [0.5, 0.6) is 11.5 Å². The summed E-state index contributed by atoms with van der Waals surface area (Å²) in [5, 5.41) is 7.03. The maximum absolute atomic E-state index is 12.7. The fourth-order valence-corrected chi connectivity index (χ4v) is 3.44. The molecule has 4 aromatic rings. The Kier molecular flexibility index (Phi) is 7.92. The number of aromatic nitrogens is 3. The summed E-state index contributed by atoms with van der Waals surface area (Å²) in [6.45, 7) is 4.16. The van der Waals surface area contributed by atoms with Crippen LogP contribution in [0.2, 0.25) is 0 Å². The topological polar surface area (TPSA) is 105 Å². The van der Waals surface area contributed by atoms with Crippen LogP contribution in [0.3, 0.4) is 0 Å². The summed E-state index contributed by atoms with van der Waals surface area (Å²) in [5.74, 6) is 0.108. The van der Waals surface area contributed by atoms with E-state index in [0.29, 0.717) is 36.2 Å². The van der Waals surface area contributed by atoms with Crippen LogP contribution in [0.4, 0.5) is 5.69 Å². The number of ether oxygens (including phenoxy) is 3. The standard InChI is InChI=1S/C27H26N4O5/c1-3-34-22-16-15-20(17-23(22)35-4-2)28-24(32)18-36-27(33)25-29-26(19-11-7-5-8-12-19)31(30-25)21-13-9-6-10-14-21/h5-17H,3-4,18H2,1-2H3,(H,28,32). The van der Waals surface area contributed by atoms with Gasteiger partial charge in [0, 0.05) is 17.3 Å². The summed E-state index contributed by atoms with van der Waals surface area (Å²) in [6, 6.07) is 23.8. The van der Waals surface area contributed by atoms with Gasteiger partial charge >= 0.3 is 5.97 Å². The largest absolute Gasteiger partial charge is 0.490 e. The smallest absolute Gasteiger partial charge is 0.378 e. The Morgan fingerprint density at radius 2 is 1.53 bits per heavy atom. The number of nitrogens with zero attached hydrogens (tertiary/aromatic N) is 3. The molecule has 0 spiro atoms. The number of anilines is 1. The first-order valence-corrected chi connectivity index (χ1v) is 11.5. The molecule has 1 amide bonds. The van der Waals surface area contributed by atoms with Gasteiger partial charge in [0.05, 0.1) is 18.9 Å². The van der Waals surface area contributed by atoms with Crippen LogP contribution in [0.1, 0.15) is 24.5 Å². The van der Waals surface area contributed by atoms with Gasteiger partial charge in [-0.05, 0) is 38.1 Å². The van der Waals surface area contributed by atoms with Crippen LogP contribution in [0.15, 0.2) is 78.9 Å². The molecule has 4 rings (SSSR count). The van der Waals surface area contributed by atoms with E-state index in [1.54, 1.807) is 22.9 Å². The fraction of sp³-hybridized carbons (Fsp3) is 0.185. The second-order valence-corrected chi connectivity index (χ2v) is 7.52. The highest BCUT2D eigenvalue weighted by atomic mass is 16.5. The zero-order valence-electron chi connectivity index (χ0n) is 20.0. The highest BCUT2D eigenvalue weighted by Crippen LogP contribution is 2.30. The summed E-state index contributed by atoms with van der Waals surface area (Å²) in [5.41, 5.74) is 2.01. The van der Waals surface area contributed by atoms with E-state index in [0.717, 1.165) is 11.3 Å². The Hall–Kier alpha value is -4.66. The predicted octanol–water partition coefficient (Wildman–Crippen LogP) is 4.53. The minimum absolute atomic E-state index is 0.148. The van der Waals surface area contributed by atoms with Crippen LogP contribution in [-0.4, -0.2) is 46.5 Å². The number of hydrogen-bond acceptors (Lipinski definition) is 7. The Labute approximate surface area is 208 Å². The van der Waals surface area contributed by atoms with Crippen molar-refractivity contribution in [1.29, 1.82) is 0 Å². The maximum atomic E-state index is 12.7. The minimum Gasteiger partial charge on any atom is -0.490 e. The molecule has 0 saturated carbocycles. The number of rotatable bonds is 10. The molecule has 0 aliphatic rings. The van der Waals surface area contributed by atoms with Crippen molar-refractivity contribution in [2.45, 2.75) is 13.8 Å². The number of esters is 1. The first-order chi connectivity index (χ1) is 17.6. The average molecular weight is 487 g/mol. The molecule has 184 valence electrons. The zero-order valence-corrected chi connectivity index (χ0v) is 20.0. The summed E-state index contributed by atoms with van der Waals surface area (Å²) in [7, 11) is 0.